The fourth-order valence-electron chi connectivity index (χ4n) is 1.78. The molecule has 1 amide bonds. The average Bonchev–Trinajstić information content (AvgIpc) is 2.68. The first-order valence-electron chi connectivity index (χ1n) is 5.46. The number of ether oxygens (including phenoxy) is 1. The van der Waals surface area contributed by atoms with Gasteiger partial charge in [0.25, 0.3) is 0 Å². The molecular weight excluding hydrogens is 256 g/mol. The Morgan fingerprint density at radius 3 is 3.11 bits per heavy atom. The van der Waals surface area contributed by atoms with Crippen molar-refractivity contribution in [2.45, 2.75) is 18.8 Å². The molecule has 0 aromatic carbocycles. The van der Waals surface area contributed by atoms with Crippen molar-refractivity contribution in [2.24, 2.45) is 5.73 Å². The van der Waals surface area contributed by atoms with Crippen LogP contribution in [0, 0.1) is 0 Å². The van der Waals surface area contributed by atoms with E-state index < -0.39 is 6.09 Å². The third kappa shape index (κ3) is 2.53. The lowest BCUT2D eigenvalue weighted by atomic mass is 10.4. The van der Waals surface area contributed by atoms with Crippen LogP contribution in [0.2, 0.25) is 0 Å². The first kappa shape index (κ1) is 12.6. The lowest BCUT2D eigenvalue weighted by Gasteiger charge is -2.10. The Balaban J connectivity index is 2.33. The summed E-state index contributed by atoms with van der Waals surface area (Å²) in [5, 5.41) is -0.244. The van der Waals surface area contributed by atoms with Crippen molar-refractivity contribution >= 4 is 28.7 Å². The van der Waals surface area contributed by atoms with Gasteiger partial charge in [-0.25, -0.2) is 9.78 Å². The third-order valence-electron chi connectivity index (χ3n) is 2.50. The quantitative estimate of drug-likeness (QED) is 0.858. The van der Waals surface area contributed by atoms with E-state index in [1.807, 2.05) is 17.6 Å². The maximum absolute atomic E-state index is 10.5. The number of carbonyl (C=O) groups is 1. The van der Waals surface area contributed by atoms with Crippen molar-refractivity contribution in [3.63, 3.8) is 0 Å². The molecule has 0 bridgehead atoms. The van der Waals surface area contributed by atoms with Crippen molar-refractivity contribution in [1.82, 2.24) is 14.5 Å². The van der Waals surface area contributed by atoms with Gasteiger partial charge in [0.1, 0.15) is 17.9 Å². The number of fused-ring (bicyclic) bond motifs is 1. The number of nitrogens with zero attached hydrogens (tertiary/aromatic N) is 3. The Bertz CT molecular complexity index is 567. The van der Waals surface area contributed by atoms with Crippen molar-refractivity contribution in [3.05, 3.63) is 24.3 Å². The molecule has 0 saturated carbocycles. The van der Waals surface area contributed by atoms with Crippen molar-refractivity contribution in [3.8, 4) is 0 Å². The first-order chi connectivity index (χ1) is 8.59. The minimum atomic E-state index is -0.790. The number of aromatic nitrogens is 3. The van der Waals surface area contributed by atoms with E-state index in [1.165, 1.54) is 0 Å². The Labute approximate surface area is 109 Å². The molecule has 0 spiro atoms. The molecule has 0 aliphatic heterocycles. The Hall–Kier alpha value is -1.82. The smallest absolute Gasteiger partial charge is 0.404 e. The molecule has 0 aliphatic carbocycles. The topological polar surface area (TPSA) is 83.0 Å². The van der Waals surface area contributed by atoms with E-state index in [9.17, 15) is 4.79 Å². The number of primary amides is 1. The number of carbonyl (C=O) groups excluding carboxylic acids is 1. The molecule has 2 heterocycles. The summed E-state index contributed by atoms with van der Waals surface area (Å²) in [7, 11) is 0. The molecule has 1 atom stereocenters. The van der Waals surface area contributed by atoms with Gasteiger partial charge in [-0.1, -0.05) is 0 Å². The zero-order valence-corrected chi connectivity index (χ0v) is 10.6. The van der Waals surface area contributed by atoms with Gasteiger partial charge in [-0.2, -0.15) is 0 Å². The highest BCUT2D eigenvalue weighted by Gasteiger charge is 2.14. The highest BCUT2D eigenvalue weighted by atomic mass is 35.5. The lowest BCUT2D eigenvalue weighted by molar-refractivity contribution is 0.152. The highest BCUT2D eigenvalue weighted by Crippen LogP contribution is 2.23. The number of pyridine rings is 1. The number of halogens is 1. The average molecular weight is 269 g/mol. The molecule has 2 rings (SSSR count). The molecule has 0 aliphatic rings. The summed E-state index contributed by atoms with van der Waals surface area (Å²) in [6.07, 6.45) is 2.56. The van der Waals surface area contributed by atoms with Crippen molar-refractivity contribution in [1.29, 1.82) is 0 Å². The summed E-state index contributed by atoms with van der Waals surface area (Å²) >= 11 is 6.09. The second-order valence-electron chi connectivity index (χ2n) is 3.77. The van der Waals surface area contributed by atoms with Crippen molar-refractivity contribution < 1.29 is 9.53 Å². The molecule has 18 heavy (non-hydrogen) atoms. The van der Waals surface area contributed by atoms with E-state index in [2.05, 4.69) is 9.97 Å². The molecular formula is C11H13ClN4O2. The van der Waals surface area contributed by atoms with Crippen LogP contribution in [-0.4, -0.2) is 27.2 Å². The van der Waals surface area contributed by atoms with Crippen LogP contribution >= 0.6 is 11.6 Å². The number of alkyl halides is 1. The van der Waals surface area contributed by atoms with Crippen LogP contribution < -0.4 is 5.73 Å². The van der Waals surface area contributed by atoms with Crippen LogP contribution in [-0.2, 0) is 11.3 Å². The normalized spacial score (nSPS) is 12.6. The van der Waals surface area contributed by atoms with Crippen LogP contribution in [0.3, 0.4) is 0 Å². The Morgan fingerprint density at radius 2 is 2.44 bits per heavy atom. The molecule has 1 unspecified atom stereocenters. The zero-order chi connectivity index (χ0) is 13.1. The number of hydrogen-bond acceptors (Lipinski definition) is 4. The number of amides is 1. The summed E-state index contributed by atoms with van der Waals surface area (Å²) in [6.45, 7) is 2.47. The van der Waals surface area contributed by atoms with Gasteiger partial charge in [0.15, 0.2) is 0 Å². The summed E-state index contributed by atoms with van der Waals surface area (Å²) in [6, 6.07) is 1.84. The lowest BCUT2D eigenvalue weighted by Crippen LogP contribution is -2.17. The maximum atomic E-state index is 10.5. The monoisotopic (exact) mass is 268 g/mol. The predicted octanol–water partition coefficient (Wildman–Crippen LogP) is 1.83. The molecule has 2 aromatic heterocycles. The summed E-state index contributed by atoms with van der Waals surface area (Å²) in [4.78, 5) is 19.0. The summed E-state index contributed by atoms with van der Waals surface area (Å²) in [5.74, 6) is 0.715. The molecule has 6 nitrogen and oxygen atoms in total. The third-order valence-corrected chi connectivity index (χ3v) is 2.69. The molecule has 0 radical (unpaired) electrons. The van der Waals surface area contributed by atoms with Gasteiger partial charge >= 0.3 is 6.09 Å². The first-order valence-corrected chi connectivity index (χ1v) is 5.89. The minimum absolute atomic E-state index is 0.180. The van der Waals surface area contributed by atoms with Crippen LogP contribution in [0.5, 0.6) is 0 Å². The maximum Gasteiger partial charge on any atom is 0.404 e. The van der Waals surface area contributed by atoms with Gasteiger partial charge in [0, 0.05) is 6.20 Å². The van der Waals surface area contributed by atoms with E-state index in [4.69, 9.17) is 22.1 Å². The number of imidazole rings is 1. The SMILES string of the molecule is CC(Cl)c1nc2cnccc2n1CCOC(N)=O. The standard InChI is InChI=1S/C11H13ClN4O2/c1-7(12)10-15-8-6-14-3-2-9(8)16(10)4-5-18-11(13)17/h2-3,6-7H,4-5H2,1H3,(H2,13,17). The van der Waals surface area contributed by atoms with Crippen LogP contribution in [0.25, 0.3) is 11.0 Å². The van der Waals surface area contributed by atoms with E-state index in [-0.39, 0.29) is 12.0 Å². The van der Waals surface area contributed by atoms with E-state index in [1.54, 1.807) is 12.4 Å². The summed E-state index contributed by atoms with van der Waals surface area (Å²) in [5.41, 5.74) is 6.59. The molecule has 0 saturated heterocycles. The molecule has 96 valence electrons. The predicted molar refractivity (Wildman–Crippen MR) is 67.3 cm³/mol. The number of hydrogen-bond donors (Lipinski definition) is 1. The van der Waals surface area contributed by atoms with Crippen LogP contribution in [0.15, 0.2) is 18.5 Å². The summed E-state index contributed by atoms with van der Waals surface area (Å²) < 4.78 is 6.63. The molecule has 7 heteroatoms. The van der Waals surface area contributed by atoms with Crippen LogP contribution in [0.1, 0.15) is 18.1 Å². The van der Waals surface area contributed by atoms with Gasteiger partial charge in [-0.15, -0.1) is 11.6 Å². The number of rotatable bonds is 4. The molecule has 0 fully saturated rings. The zero-order valence-electron chi connectivity index (χ0n) is 9.84. The van der Waals surface area contributed by atoms with Gasteiger partial charge in [-0.3, -0.25) is 4.98 Å². The van der Waals surface area contributed by atoms with Crippen molar-refractivity contribution in [2.75, 3.05) is 6.61 Å². The second kappa shape index (κ2) is 5.22. The Morgan fingerprint density at radius 1 is 1.67 bits per heavy atom. The largest absolute Gasteiger partial charge is 0.448 e. The fraction of sp³-hybridized carbons (Fsp3) is 0.364. The fourth-order valence-corrected chi connectivity index (χ4v) is 1.94. The second-order valence-corrected chi connectivity index (χ2v) is 4.42. The van der Waals surface area contributed by atoms with E-state index >= 15 is 0 Å². The minimum Gasteiger partial charge on any atom is -0.448 e. The van der Waals surface area contributed by atoms with Gasteiger partial charge in [0.2, 0.25) is 0 Å². The van der Waals surface area contributed by atoms with Gasteiger partial charge in [0.05, 0.1) is 23.6 Å². The highest BCUT2D eigenvalue weighted by molar-refractivity contribution is 6.20. The van der Waals surface area contributed by atoms with Gasteiger partial charge in [-0.05, 0) is 13.0 Å². The number of nitrogens with two attached hydrogens (primary N) is 1. The van der Waals surface area contributed by atoms with Gasteiger partial charge < -0.3 is 15.0 Å². The van der Waals surface area contributed by atoms with E-state index in [0.717, 1.165) is 11.0 Å². The molecule has 2 aromatic rings. The Kier molecular flexibility index (Phi) is 3.66. The van der Waals surface area contributed by atoms with E-state index in [0.29, 0.717) is 12.4 Å². The molecule has 2 N–H and O–H groups in total. The van der Waals surface area contributed by atoms with Crippen LogP contribution in [0.4, 0.5) is 4.79 Å².